The third-order valence-corrected chi connectivity index (χ3v) is 2.78. The van der Waals surface area contributed by atoms with E-state index < -0.39 is 12.2 Å². The molecule has 0 aliphatic rings. The highest BCUT2D eigenvalue weighted by Gasteiger charge is 2.25. The third kappa shape index (κ3) is 2.97. The van der Waals surface area contributed by atoms with E-state index in [0.717, 1.165) is 12.8 Å². The van der Waals surface area contributed by atoms with Gasteiger partial charge < -0.3 is 10.2 Å². The van der Waals surface area contributed by atoms with Crippen LogP contribution >= 0.6 is 0 Å². The molecule has 1 rings (SSSR count). The van der Waals surface area contributed by atoms with Crippen LogP contribution in [-0.4, -0.2) is 26.3 Å². The van der Waals surface area contributed by atoms with Crippen molar-refractivity contribution in [3.05, 3.63) is 24.3 Å². The van der Waals surface area contributed by atoms with E-state index in [9.17, 15) is 10.2 Å². The molecule has 1 heterocycles. The number of hydrogen-bond acceptors (Lipinski definition) is 4. The van der Waals surface area contributed by atoms with Gasteiger partial charge in [0.05, 0.1) is 6.10 Å². The van der Waals surface area contributed by atoms with E-state index >= 15 is 0 Å². The molecule has 0 saturated carbocycles. The molecule has 2 unspecified atom stereocenters. The SMILES string of the molecule is CCC(CC)C(O)C(O)c1cncnc1. The summed E-state index contributed by atoms with van der Waals surface area (Å²) in [5, 5.41) is 19.8. The number of rotatable bonds is 5. The third-order valence-electron chi connectivity index (χ3n) is 2.78. The van der Waals surface area contributed by atoms with Gasteiger partial charge in [0, 0.05) is 18.0 Å². The highest BCUT2D eigenvalue weighted by Crippen LogP contribution is 2.24. The zero-order chi connectivity index (χ0) is 11.3. The molecule has 0 aromatic carbocycles. The number of aliphatic hydroxyl groups is 2. The number of hydrogen-bond donors (Lipinski definition) is 2. The number of aromatic nitrogens is 2. The van der Waals surface area contributed by atoms with Gasteiger partial charge in [0.25, 0.3) is 0 Å². The molecule has 2 N–H and O–H groups in total. The first-order valence-corrected chi connectivity index (χ1v) is 5.31. The van der Waals surface area contributed by atoms with Crippen LogP contribution in [0.4, 0.5) is 0 Å². The second-order valence-corrected chi connectivity index (χ2v) is 3.68. The maximum atomic E-state index is 9.93. The standard InChI is InChI=1S/C11H18N2O2/c1-3-8(4-2)10(14)11(15)9-5-12-7-13-6-9/h5-8,10-11,14-15H,3-4H2,1-2H3. The average Bonchev–Trinajstić information content (AvgIpc) is 2.30. The molecule has 4 nitrogen and oxygen atoms in total. The minimum Gasteiger partial charge on any atom is -0.390 e. The molecule has 2 atom stereocenters. The lowest BCUT2D eigenvalue weighted by atomic mass is 9.90. The summed E-state index contributed by atoms with van der Waals surface area (Å²) < 4.78 is 0. The first-order chi connectivity index (χ1) is 7.20. The van der Waals surface area contributed by atoms with Crippen LogP contribution in [0.25, 0.3) is 0 Å². The van der Waals surface area contributed by atoms with Gasteiger partial charge in [-0.3, -0.25) is 0 Å². The molecule has 0 amide bonds. The molecule has 0 saturated heterocycles. The molecule has 4 heteroatoms. The van der Waals surface area contributed by atoms with Crippen molar-refractivity contribution in [3.8, 4) is 0 Å². The van der Waals surface area contributed by atoms with Crippen LogP contribution in [0.1, 0.15) is 38.4 Å². The fourth-order valence-corrected chi connectivity index (χ4v) is 1.69. The van der Waals surface area contributed by atoms with Crippen molar-refractivity contribution in [3.63, 3.8) is 0 Å². The van der Waals surface area contributed by atoms with Crippen molar-refractivity contribution in [1.82, 2.24) is 9.97 Å². The summed E-state index contributed by atoms with van der Waals surface area (Å²) in [7, 11) is 0. The van der Waals surface area contributed by atoms with Crippen molar-refractivity contribution in [2.75, 3.05) is 0 Å². The van der Waals surface area contributed by atoms with Crippen molar-refractivity contribution in [2.45, 2.75) is 38.9 Å². The fourth-order valence-electron chi connectivity index (χ4n) is 1.69. The topological polar surface area (TPSA) is 66.2 Å². The maximum Gasteiger partial charge on any atom is 0.115 e. The highest BCUT2D eigenvalue weighted by molar-refractivity contribution is 5.08. The van der Waals surface area contributed by atoms with Crippen molar-refractivity contribution >= 4 is 0 Å². The van der Waals surface area contributed by atoms with Crippen LogP contribution in [0.3, 0.4) is 0 Å². The van der Waals surface area contributed by atoms with Crippen LogP contribution < -0.4 is 0 Å². The van der Waals surface area contributed by atoms with Crippen LogP contribution in [0.15, 0.2) is 18.7 Å². The molecular weight excluding hydrogens is 192 g/mol. The molecule has 0 fully saturated rings. The first-order valence-electron chi connectivity index (χ1n) is 5.31. The van der Waals surface area contributed by atoms with Crippen molar-refractivity contribution in [1.29, 1.82) is 0 Å². The van der Waals surface area contributed by atoms with Gasteiger partial charge in [0.15, 0.2) is 0 Å². The lowest BCUT2D eigenvalue weighted by molar-refractivity contribution is -0.0212. The van der Waals surface area contributed by atoms with E-state index in [4.69, 9.17) is 0 Å². The molecule has 0 aliphatic heterocycles. The molecule has 1 aromatic heterocycles. The quantitative estimate of drug-likeness (QED) is 0.769. The van der Waals surface area contributed by atoms with Gasteiger partial charge in [-0.1, -0.05) is 26.7 Å². The predicted molar refractivity (Wildman–Crippen MR) is 57.1 cm³/mol. The van der Waals surface area contributed by atoms with E-state index in [2.05, 4.69) is 9.97 Å². The van der Waals surface area contributed by atoms with Gasteiger partial charge in [-0.05, 0) is 5.92 Å². The van der Waals surface area contributed by atoms with Crippen LogP contribution in [0.2, 0.25) is 0 Å². The fraction of sp³-hybridized carbons (Fsp3) is 0.636. The highest BCUT2D eigenvalue weighted by atomic mass is 16.3. The van der Waals surface area contributed by atoms with Gasteiger partial charge >= 0.3 is 0 Å². The Morgan fingerprint density at radius 2 is 1.67 bits per heavy atom. The van der Waals surface area contributed by atoms with Gasteiger partial charge in [0.1, 0.15) is 12.4 Å². The Hall–Kier alpha value is -1.00. The van der Waals surface area contributed by atoms with E-state index in [1.54, 1.807) is 0 Å². The Morgan fingerprint density at radius 1 is 1.13 bits per heavy atom. The average molecular weight is 210 g/mol. The molecule has 84 valence electrons. The van der Waals surface area contributed by atoms with Gasteiger partial charge in [-0.15, -0.1) is 0 Å². The Balaban J connectivity index is 2.71. The van der Waals surface area contributed by atoms with Gasteiger partial charge in [-0.2, -0.15) is 0 Å². The maximum absolute atomic E-state index is 9.93. The Morgan fingerprint density at radius 3 is 2.13 bits per heavy atom. The molecule has 0 bridgehead atoms. The summed E-state index contributed by atoms with van der Waals surface area (Å²) in [5.41, 5.74) is 0.567. The molecule has 0 radical (unpaired) electrons. The summed E-state index contributed by atoms with van der Waals surface area (Å²) in [5.74, 6) is 0.111. The van der Waals surface area contributed by atoms with Gasteiger partial charge in [-0.25, -0.2) is 9.97 Å². The van der Waals surface area contributed by atoms with Crippen LogP contribution in [0, 0.1) is 5.92 Å². The second kappa shape index (κ2) is 5.78. The molecule has 15 heavy (non-hydrogen) atoms. The summed E-state index contributed by atoms with van der Waals surface area (Å²) >= 11 is 0. The summed E-state index contributed by atoms with van der Waals surface area (Å²) in [6.07, 6.45) is 4.53. The predicted octanol–water partition coefficient (Wildman–Crippen LogP) is 1.31. The smallest absolute Gasteiger partial charge is 0.115 e. The Bertz CT molecular complexity index is 275. The monoisotopic (exact) mass is 210 g/mol. The lowest BCUT2D eigenvalue weighted by Crippen LogP contribution is -2.27. The van der Waals surface area contributed by atoms with E-state index in [0.29, 0.717) is 5.56 Å². The number of nitrogens with zero attached hydrogens (tertiary/aromatic N) is 2. The summed E-state index contributed by atoms with van der Waals surface area (Å²) in [4.78, 5) is 7.63. The van der Waals surface area contributed by atoms with Gasteiger partial charge in [0.2, 0.25) is 0 Å². The zero-order valence-electron chi connectivity index (χ0n) is 9.17. The van der Waals surface area contributed by atoms with Crippen molar-refractivity contribution in [2.24, 2.45) is 5.92 Å². The van der Waals surface area contributed by atoms with Crippen LogP contribution in [0.5, 0.6) is 0 Å². The first kappa shape index (κ1) is 12.1. The normalized spacial score (nSPS) is 15.3. The summed E-state index contributed by atoms with van der Waals surface area (Å²) in [6.45, 7) is 4.01. The van der Waals surface area contributed by atoms with E-state index in [-0.39, 0.29) is 5.92 Å². The number of aliphatic hydroxyl groups excluding tert-OH is 2. The lowest BCUT2D eigenvalue weighted by Gasteiger charge is -2.24. The minimum absolute atomic E-state index is 0.111. The zero-order valence-corrected chi connectivity index (χ0v) is 9.17. The molecule has 1 aromatic rings. The second-order valence-electron chi connectivity index (χ2n) is 3.68. The summed E-state index contributed by atoms with van der Waals surface area (Å²) in [6, 6.07) is 0. The Labute approximate surface area is 90.0 Å². The molecule has 0 aliphatic carbocycles. The molecular formula is C11H18N2O2. The van der Waals surface area contributed by atoms with Crippen LogP contribution in [-0.2, 0) is 0 Å². The Kier molecular flexibility index (Phi) is 4.65. The van der Waals surface area contributed by atoms with E-state index in [1.165, 1.54) is 18.7 Å². The van der Waals surface area contributed by atoms with Crippen molar-refractivity contribution < 1.29 is 10.2 Å². The van der Waals surface area contributed by atoms with E-state index in [1.807, 2.05) is 13.8 Å². The molecule has 0 spiro atoms. The minimum atomic E-state index is -0.893. The largest absolute Gasteiger partial charge is 0.390 e.